The molecule has 0 spiro atoms. The molecule has 168 valence electrons. The summed E-state index contributed by atoms with van der Waals surface area (Å²) in [5, 5.41) is 1.57. The third-order valence-electron chi connectivity index (χ3n) is 5.60. The number of benzene rings is 2. The maximum atomic E-state index is 13.0. The van der Waals surface area contributed by atoms with E-state index >= 15 is 0 Å². The Kier molecular flexibility index (Phi) is 6.03. The van der Waals surface area contributed by atoms with Crippen LogP contribution in [-0.2, 0) is 21.8 Å². The van der Waals surface area contributed by atoms with E-state index in [-0.39, 0.29) is 21.9 Å². The second-order valence-corrected chi connectivity index (χ2v) is 9.65. The van der Waals surface area contributed by atoms with Gasteiger partial charge in [0.1, 0.15) is 21.9 Å². The lowest BCUT2D eigenvalue weighted by atomic mass is 10.1. The Bertz CT molecular complexity index is 1290. The number of esters is 2. The van der Waals surface area contributed by atoms with Crippen molar-refractivity contribution in [3.05, 3.63) is 59.9 Å². The minimum Gasteiger partial charge on any atom is -0.465 e. The Morgan fingerprint density at radius 3 is 2.25 bits per heavy atom. The third-order valence-corrected chi connectivity index (χ3v) is 7.46. The predicted molar refractivity (Wildman–Crippen MR) is 118 cm³/mol. The van der Waals surface area contributed by atoms with Crippen LogP contribution in [-0.4, -0.2) is 49.4 Å². The van der Waals surface area contributed by atoms with Gasteiger partial charge in [-0.25, -0.2) is 18.0 Å². The summed E-state index contributed by atoms with van der Waals surface area (Å²) in [5.74, 6) is -1.37. The second-order valence-electron chi connectivity index (χ2n) is 7.71. The van der Waals surface area contributed by atoms with Crippen molar-refractivity contribution < 1.29 is 27.5 Å². The van der Waals surface area contributed by atoms with E-state index in [0.29, 0.717) is 13.1 Å². The maximum absolute atomic E-state index is 13.0. The van der Waals surface area contributed by atoms with Crippen LogP contribution in [0, 0.1) is 0 Å². The SMILES string of the molecule is COC(=O)c1cc2ccccc2cc1OC(=O)c1cc(S(=O)(=O)N2CCCCC2)cn1C. The molecule has 32 heavy (non-hydrogen) atoms. The molecule has 2 heterocycles. The summed E-state index contributed by atoms with van der Waals surface area (Å²) in [6.07, 6.45) is 4.05. The lowest BCUT2D eigenvalue weighted by Crippen LogP contribution is -2.35. The minimum atomic E-state index is -3.69. The molecule has 1 saturated heterocycles. The maximum Gasteiger partial charge on any atom is 0.360 e. The average Bonchev–Trinajstić information content (AvgIpc) is 3.21. The zero-order valence-electron chi connectivity index (χ0n) is 17.9. The van der Waals surface area contributed by atoms with Gasteiger partial charge >= 0.3 is 11.9 Å². The molecule has 9 heteroatoms. The smallest absolute Gasteiger partial charge is 0.360 e. The van der Waals surface area contributed by atoms with Crippen LogP contribution < -0.4 is 4.74 Å². The predicted octanol–water partition coefficient (Wildman–Crippen LogP) is 3.36. The number of carbonyl (C=O) groups excluding carboxylic acids is 2. The van der Waals surface area contributed by atoms with Crippen LogP contribution in [0.1, 0.15) is 40.1 Å². The number of aromatic nitrogens is 1. The number of fused-ring (bicyclic) bond motifs is 1. The molecule has 1 aliphatic heterocycles. The number of hydrogen-bond donors (Lipinski definition) is 0. The Balaban J connectivity index is 1.66. The largest absolute Gasteiger partial charge is 0.465 e. The Morgan fingerprint density at radius 1 is 0.938 bits per heavy atom. The molecule has 1 fully saturated rings. The highest BCUT2D eigenvalue weighted by Crippen LogP contribution is 2.28. The Hall–Kier alpha value is -3.17. The number of aryl methyl sites for hydroxylation is 1. The molecule has 2 aromatic carbocycles. The van der Waals surface area contributed by atoms with Gasteiger partial charge in [0.25, 0.3) is 0 Å². The van der Waals surface area contributed by atoms with Crippen LogP contribution in [0.25, 0.3) is 10.8 Å². The molecular weight excluding hydrogens is 432 g/mol. The number of methoxy groups -OCH3 is 1. The summed E-state index contributed by atoms with van der Waals surface area (Å²) in [6, 6.07) is 11.8. The quantitative estimate of drug-likeness (QED) is 0.432. The zero-order valence-corrected chi connectivity index (χ0v) is 18.7. The van der Waals surface area contributed by atoms with Crippen molar-refractivity contribution in [3.8, 4) is 5.75 Å². The van der Waals surface area contributed by atoms with Crippen LogP contribution in [0.5, 0.6) is 5.75 Å². The normalized spacial score (nSPS) is 14.9. The number of hydrogen-bond acceptors (Lipinski definition) is 6. The molecule has 0 amide bonds. The molecule has 0 aliphatic carbocycles. The highest BCUT2D eigenvalue weighted by Gasteiger charge is 2.29. The summed E-state index contributed by atoms with van der Waals surface area (Å²) in [7, 11) is -0.869. The molecule has 0 N–H and O–H groups in total. The van der Waals surface area contributed by atoms with Gasteiger partial charge in [0, 0.05) is 26.3 Å². The zero-order chi connectivity index (χ0) is 22.9. The minimum absolute atomic E-state index is 0.0422. The number of carbonyl (C=O) groups is 2. The fraction of sp³-hybridized carbons (Fsp3) is 0.304. The Morgan fingerprint density at radius 2 is 1.59 bits per heavy atom. The van der Waals surface area contributed by atoms with Crippen molar-refractivity contribution in [3.63, 3.8) is 0 Å². The van der Waals surface area contributed by atoms with Gasteiger partial charge in [-0.1, -0.05) is 30.7 Å². The van der Waals surface area contributed by atoms with Gasteiger partial charge in [0.2, 0.25) is 10.0 Å². The summed E-state index contributed by atoms with van der Waals surface area (Å²) in [6.45, 7) is 0.938. The topological polar surface area (TPSA) is 94.9 Å². The highest BCUT2D eigenvalue weighted by atomic mass is 32.2. The standard InChI is InChI=1S/C23H24N2O6S/c1-24-15-18(32(28,29)25-10-6-3-7-11-25)14-20(24)23(27)31-21-13-17-9-5-4-8-16(17)12-19(21)22(26)30-2/h4-5,8-9,12-15H,3,6-7,10-11H2,1-2H3. The summed E-state index contributed by atoms with van der Waals surface area (Å²) >= 11 is 0. The number of sulfonamides is 1. The molecular formula is C23H24N2O6S. The first-order valence-corrected chi connectivity index (χ1v) is 11.7. The van der Waals surface area contributed by atoms with E-state index in [2.05, 4.69) is 0 Å². The molecule has 0 unspecified atom stereocenters. The monoisotopic (exact) mass is 456 g/mol. The molecule has 1 aromatic heterocycles. The average molecular weight is 457 g/mol. The number of rotatable bonds is 5. The first-order chi connectivity index (χ1) is 15.3. The highest BCUT2D eigenvalue weighted by molar-refractivity contribution is 7.89. The number of piperidine rings is 1. The van der Waals surface area contributed by atoms with Crippen molar-refractivity contribution in [1.82, 2.24) is 8.87 Å². The van der Waals surface area contributed by atoms with Crippen LogP contribution >= 0.6 is 0 Å². The van der Waals surface area contributed by atoms with Crippen molar-refractivity contribution in [2.24, 2.45) is 7.05 Å². The van der Waals surface area contributed by atoms with Gasteiger partial charge in [0.05, 0.1) is 7.11 Å². The van der Waals surface area contributed by atoms with E-state index in [9.17, 15) is 18.0 Å². The van der Waals surface area contributed by atoms with Crippen LogP contribution in [0.4, 0.5) is 0 Å². The summed E-state index contributed by atoms with van der Waals surface area (Å²) in [5.41, 5.74) is 0.166. The first kappa shape index (κ1) is 22.0. The third kappa shape index (κ3) is 4.13. The van der Waals surface area contributed by atoms with Crippen LogP contribution in [0.15, 0.2) is 53.6 Å². The van der Waals surface area contributed by atoms with E-state index in [0.717, 1.165) is 30.0 Å². The van der Waals surface area contributed by atoms with Gasteiger partial charge in [-0.2, -0.15) is 4.31 Å². The molecule has 0 bridgehead atoms. The van der Waals surface area contributed by atoms with Gasteiger partial charge in [-0.15, -0.1) is 0 Å². The van der Waals surface area contributed by atoms with Crippen molar-refractivity contribution in [2.45, 2.75) is 24.2 Å². The van der Waals surface area contributed by atoms with E-state index in [1.54, 1.807) is 19.2 Å². The molecule has 0 atom stereocenters. The molecule has 3 aromatic rings. The van der Waals surface area contributed by atoms with E-state index < -0.39 is 22.0 Å². The lowest BCUT2D eigenvalue weighted by Gasteiger charge is -2.25. The fourth-order valence-corrected chi connectivity index (χ4v) is 5.45. The van der Waals surface area contributed by atoms with Crippen molar-refractivity contribution in [1.29, 1.82) is 0 Å². The molecule has 8 nitrogen and oxygen atoms in total. The summed E-state index contributed by atoms with van der Waals surface area (Å²) in [4.78, 5) is 25.3. The van der Waals surface area contributed by atoms with Gasteiger partial charge in [0.15, 0.2) is 0 Å². The van der Waals surface area contributed by atoms with E-state index in [1.807, 2.05) is 24.3 Å². The van der Waals surface area contributed by atoms with E-state index in [4.69, 9.17) is 9.47 Å². The van der Waals surface area contributed by atoms with Crippen LogP contribution in [0.2, 0.25) is 0 Å². The van der Waals surface area contributed by atoms with Crippen molar-refractivity contribution >= 4 is 32.7 Å². The molecule has 1 aliphatic rings. The first-order valence-electron chi connectivity index (χ1n) is 10.3. The Labute approximate surface area is 186 Å². The van der Waals surface area contributed by atoms with Crippen molar-refractivity contribution in [2.75, 3.05) is 20.2 Å². The molecule has 0 saturated carbocycles. The van der Waals surface area contributed by atoms with Crippen LogP contribution in [0.3, 0.4) is 0 Å². The second kappa shape index (κ2) is 8.76. The number of ether oxygens (including phenoxy) is 2. The lowest BCUT2D eigenvalue weighted by molar-refractivity contribution is 0.0593. The number of nitrogens with zero attached hydrogens (tertiary/aromatic N) is 2. The van der Waals surface area contributed by atoms with Gasteiger partial charge < -0.3 is 14.0 Å². The van der Waals surface area contributed by atoms with E-state index in [1.165, 1.54) is 28.2 Å². The molecule has 0 radical (unpaired) electrons. The fourth-order valence-electron chi connectivity index (χ4n) is 3.86. The van der Waals surface area contributed by atoms with Gasteiger partial charge in [-0.05, 0) is 41.8 Å². The van der Waals surface area contributed by atoms with Gasteiger partial charge in [-0.3, -0.25) is 0 Å². The summed E-state index contributed by atoms with van der Waals surface area (Å²) < 4.78 is 39.2. The molecule has 4 rings (SSSR count).